The summed E-state index contributed by atoms with van der Waals surface area (Å²) in [5.41, 5.74) is 4.39. The molecule has 1 aromatic rings. The zero-order valence-electron chi connectivity index (χ0n) is 14.7. The third kappa shape index (κ3) is 4.94. The van der Waals surface area contributed by atoms with E-state index in [1.807, 2.05) is 13.0 Å². The van der Waals surface area contributed by atoms with Gasteiger partial charge in [0.15, 0.2) is 5.78 Å². The lowest BCUT2D eigenvalue weighted by molar-refractivity contribution is 0.0888. The summed E-state index contributed by atoms with van der Waals surface area (Å²) in [5, 5.41) is 0. The molecule has 0 aromatic heterocycles. The first-order chi connectivity index (χ1) is 9.76. The number of rotatable bonds is 7. The van der Waals surface area contributed by atoms with E-state index in [9.17, 15) is 4.79 Å². The van der Waals surface area contributed by atoms with Gasteiger partial charge in [0, 0.05) is 18.2 Å². The molecule has 0 saturated heterocycles. The minimum absolute atomic E-state index is 0.225. The van der Waals surface area contributed by atoms with Gasteiger partial charge in [-0.1, -0.05) is 13.0 Å². The molecular formula is C18H30N2O. The Morgan fingerprint density at radius 1 is 1.10 bits per heavy atom. The molecule has 0 N–H and O–H groups in total. The highest BCUT2D eigenvalue weighted by Crippen LogP contribution is 2.16. The fourth-order valence-corrected chi connectivity index (χ4v) is 2.75. The van der Waals surface area contributed by atoms with Gasteiger partial charge in [0.25, 0.3) is 0 Å². The van der Waals surface area contributed by atoms with Gasteiger partial charge in [0.2, 0.25) is 0 Å². The lowest BCUT2D eigenvalue weighted by Gasteiger charge is -2.29. The van der Waals surface area contributed by atoms with E-state index in [0.717, 1.165) is 24.2 Å². The zero-order chi connectivity index (χ0) is 16.2. The van der Waals surface area contributed by atoms with Crippen LogP contribution in [-0.2, 0) is 0 Å². The predicted molar refractivity (Wildman–Crippen MR) is 90.2 cm³/mol. The summed E-state index contributed by atoms with van der Waals surface area (Å²) < 4.78 is 0. The van der Waals surface area contributed by atoms with Gasteiger partial charge < -0.3 is 4.90 Å². The number of benzene rings is 1. The van der Waals surface area contributed by atoms with E-state index in [-0.39, 0.29) is 5.78 Å². The molecular weight excluding hydrogens is 260 g/mol. The van der Waals surface area contributed by atoms with Crippen molar-refractivity contribution >= 4 is 5.78 Å². The molecule has 0 spiro atoms. The third-order valence-corrected chi connectivity index (χ3v) is 4.15. The molecule has 0 aliphatic carbocycles. The van der Waals surface area contributed by atoms with E-state index in [1.165, 1.54) is 11.1 Å². The number of carbonyl (C=O) groups is 1. The highest BCUT2D eigenvalue weighted by molar-refractivity contribution is 5.99. The molecule has 1 aromatic carbocycles. The fourth-order valence-electron chi connectivity index (χ4n) is 2.75. The van der Waals surface area contributed by atoms with Crippen LogP contribution in [0.5, 0.6) is 0 Å². The topological polar surface area (TPSA) is 23.6 Å². The van der Waals surface area contributed by atoms with Crippen LogP contribution in [0, 0.1) is 20.8 Å². The van der Waals surface area contributed by atoms with Crippen molar-refractivity contribution < 1.29 is 4.79 Å². The summed E-state index contributed by atoms with van der Waals surface area (Å²) in [6.07, 6.45) is 0. The Hall–Kier alpha value is -1.19. The Labute approximate surface area is 129 Å². The van der Waals surface area contributed by atoms with Gasteiger partial charge >= 0.3 is 0 Å². The minimum Gasteiger partial charge on any atom is -0.308 e. The Kier molecular flexibility index (Phi) is 6.56. The molecule has 1 unspecified atom stereocenters. The zero-order valence-corrected chi connectivity index (χ0v) is 14.7. The molecule has 0 saturated carbocycles. The normalized spacial score (nSPS) is 13.0. The molecule has 118 valence electrons. The average molecular weight is 290 g/mol. The second-order valence-corrected chi connectivity index (χ2v) is 6.35. The van der Waals surface area contributed by atoms with Crippen LogP contribution in [0.3, 0.4) is 0 Å². The van der Waals surface area contributed by atoms with Crippen molar-refractivity contribution in [1.29, 1.82) is 0 Å². The summed E-state index contributed by atoms with van der Waals surface area (Å²) in [6, 6.07) is 4.53. The minimum atomic E-state index is 0.225. The van der Waals surface area contributed by atoms with E-state index in [1.54, 1.807) is 0 Å². The van der Waals surface area contributed by atoms with Crippen molar-refractivity contribution in [1.82, 2.24) is 9.80 Å². The van der Waals surface area contributed by atoms with Crippen molar-refractivity contribution in [2.45, 2.75) is 40.7 Å². The van der Waals surface area contributed by atoms with E-state index < -0.39 is 0 Å². The summed E-state index contributed by atoms with van der Waals surface area (Å²) >= 11 is 0. The molecule has 3 heteroatoms. The maximum Gasteiger partial charge on any atom is 0.177 e. The highest BCUT2D eigenvalue weighted by atomic mass is 16.1. The van der Waals surface area contributed by atoms with Crippen LogP contribution in [-0.4, -0.2) is 55.4 Å². The van der Waals surface area contributed by atoms with Crippen LogP contribution in [0.4, 0.5) is 0 Å². The summed E-state index contributed by atoms with van der Waals surface area (Å²) in [6.45, 7) is 12.8. The number of nitrogens with zero attached hydrogens (tertiary/aromatic N) is 2. The fraction of sp³-hybridized carbons (Fsp3) is 0.611. The molecule has 21 heavy (non-hydrogen) atoms. The number of likely N-dealkylation sites (N-methyl/N-ethyl adjacent to an activating group) is 2. The maximum absolute atomic E-state index is 12.6. The largest absolute Gasteiger partial charge is 0.308 e. The molecule has 1 rings (SSSR count). The first-order valence-electron chi connectivity index (χ1n) is 7.76. The summed E-state index contributed by atoms with van der Waals surface area (Å²) in [7, 11) is 4.14. The SMILES string of the molecule is CCN(CC(=O)c1cc(C)c(C)cc1C)C(C)CN(C)C. The van der Waals surface area contributed by atoms with Crippen molar-refractivity contribution in [3.63, 3.8) is 0 Å². The number of hydrogen-bond donors (Lipinski definition) is 0. The molecule has 0 heterocycles. The molecule has 0 aliphatic rings. The van der Waals surface area contributed by atoms with Crippen LogP contribution in [0.25, 0.3) is 0 Å². The van der Waals surface area contributed by atoms with Crippen molar-refractivity contribution in [3.8, 4) is 0 Å². The van der Waals surface area contributed by atoms with Gasteiger partial charge in [-0.15, -0.1) is 0 Å². The Bertz CT molecular complexity index is 494. The van der Waals surface area contributed by atoms with Crippen LogP contribution in [0.2, 0.25) is 0 Å². The van der Waals surface area contributed by atoms with Gasteiger partial charge in [0.05, 0.1) is 6.54 Å². The first kappa shape index (κ1) is 17.9. The first-order valence-corrected chi connectivity index (χ1v) is 7.76. The molecule has 0 bridgehead atoms. The van der Waals surface area contributed by atoms with Crippen molar-refractivity contribution in [2.24, 2.45) is 0 Å². The number of aryl methyl sites for hydroxylation is 3. The molecule has 0 radical (unpaired) electrons. The van der Waals surface area contributed by atoms with Gasteiger partial charge in [-0.25, -0.2) is 0 Å². The number of ketones is 1. The third-order valence-electron chi connectivity index (χ3n) is 4.15. The summed E-state index contributed by atoms with van der Waals surface area (Å²) in [4.78, 5) is 17.0. The lowest BCUT2D eigenvalue weighted by Crippen LogP contribution is -2.42. The number of carbonyl (C=O) groups excluding carboxylic acids is 1. The number of hydrogen-bond acceptors (Lipinski definition) is 3. The van der Waals surface area contributed by atoms with E-state index in [0.29, 0.717) is 12.6 Å². The summed E-state index contributed by atoms with van der Waals surface area (Å²) in [5.74, 6) is 0.225. The molecule has 3 nitrogen and oxygen atoms in total. The monoisotopic (exact) mass is 290 g/mol. The second-order valence-electron chi connectivity index (χ2n) is 6.35. The highest BCUT2D eigenvalue weighted by Gasteiger charge is 2.18. The van der Waals surface area contributed by atoms with Crippen molar-refractivity contribution in [3.05, 3.63) is 34.4 Å². The van der Waals surface area contributed by atoms with E-state index >= 15 is 0 Å². The van der Waals surface area contributed by atoms with Crippen LogP contribution >= 0.6 is 0 Å². The molecule has 1 atom stereocenters. The predicted octanol–water partition coefficient (Wildman–Crippen LogP) is 3.07. The van der Waals surface area contributed by atoms with E-state index in [2.05, 4.69) is 57.7 Å². The molecule has 0 fully saturated rings. The second kappa shape index (κ2) is 7.71. The quantitative estimate of drug-likeness (QED) is 0.721. The Balaban J connectivity index is 2.86. The van der Waals surface area contributed by atoms with Gasteiger partial charge in [0.1, 0.15) is 0 Å². The van der Waals surface area contributed by atoms with Crippen LogP contribution in [0.1, 0.15) is 40.9 Å². The van der Waals surface area contributed by atoms with E-state index in [4.69, 9.17) is 0 Å². The Morgan fingerprint density at radius 3 is 2.19 bits per heavy atom. The molecule has 0 aliphatic heterocycles. The lowest BCUT2D eigenvalue weighted by atomic mass is 9.97. The van der Waals surface area contributed by atoms with Crippen LogP contribution < -0.4 is 0 Å². The Morgan fingerprint density at radius 2 is 1.67 bits per heavy atom. The van der Waals surface area contributed by atoms with Gasteiger partial charge in [-0.3, -0.25) is 9.69 Å². The molecule has 0 amide bonds. The maximum atomic E-state index is 12.6. The van der Waals surface area contributed by atoms with Gasteiger partial charge in [-0.05, 0) is 71.1 Å². The average Bonchev–Trinajstić information content (AvgIpc) is 2.38. The smallest absolute Gasteiger partial charge is 0.177 e. The van der Waals surface area contributed by atoms with Crippen molar-refractivity contribution in [2.75, 3.05) is 33.7 Å². The standard InChI is InChI=1S/C18H30N2O/c1-8-20(16(5)11-19(6)7)12-18(21)17-10-14(3)13(2)9-15(17)4/h9-10,16H,8,11-12H2,1-7H3. The van der Waals surface area contributed by atoms with Gasteiger partial charge in [-0.2, -0.15) is 0 Å². The van der Waals surface area contributed by atoms with Crippen LogP contribution in [0.15, 0.2) is 12.1 Å². The number of Topliss-reactive ketones (excluding diaryl/α,β-unsaturated/α-hetero) is 1.